The van der Waals surface area contributed by atoms with E-state index >= 15 is 0 Å². The van der Waals surface area contributed by atoms with Gasteiger partial charge in [-0.3, -0.25) is 29.0 Å². The molecule has 1 saturated carbocycles. The molecule has 244 valence electrons. The Hall–Kier alpha value is -3.96. The van der Waals surface area contributed by atoms with E-state index in [1.54, 1.807) is 58.9 Å². The summed E-state index contributed by atoms with van der Waals surface area (Å²) < 4.78 is 27.1. The number of likely N-dealkylation sites (tertiary alicyclic amines) is 1. The maximum Gasteiger partial charge on any atom is 0.289 e. The number of alkyl halides is 2. The van der Waals surface area contributed by atoms with Crippen LogP contribution in [-0.4, -0.2) is 76.4 Å². The van der Waals surface area contributed by atoms with Crippen LogP contribution in [0.15, 0.2) is 36.5 Å². The molecule has 45 heavy (non-hydrogen) atoms. The molecule has 4 rings (SSSR count). The summed E-state index contributed by atoms with van der Waals surface area (Å²) in [4.78, 5) is 72.9. The van der Waals surface area contributed by atoms with E-state index in [4.69, 9.17) is 0 Å². The SMILES string of the molecule is CC[C@@H](C)NC(=O)C(=O)C(CC(F)F)NC(=O)[C@@H]1[C@H]2CCC[C@H]2CN1C(=O)[C@@H](NC(=O)c1ccnc2ccccc12)C(C)(C)C. The van der Waals surface area contributed by atoms with Gasteiger partial charge in [-0.15, -0.1) is 0 Å². The molecule has 0 radical (unpaired) electrons. The average Bonchev–Trinajstić information content (AvgIpc) is 3.59. The van der Waals surface area contributed by atoms with Gasteiger partial charge in [0.05, 0.1) is 11.1 Å². The van der Waals surface area contributed by atoms with Crippen molar-refractivity contribution in [1.29, 1.82) is 0 Å². The molecule has 12 heteroatoms. The second-order valence-electron chi connectivity index (χ2n) is 13.3. The summed E-state index contributed by atoms with van der Waals surface area (Å²) >= 11 is 0. The highest BCUT2D eigenvalue weighted by Crippen LogP contribution is 2.43. The molecule has 1 unspecified atom stereocenters. The maximum absolute atomic E-state index is 14.3. The monoisotopic (exact) mass is 627 g/mol. The lowest BCUT2D eigenvalue weighted by atomic mass is 9.85. The summed E-state index contributed by atoms with van der Waals surface area (Å²) in [5, 5.41) is 8.40. The predicted molar refractivity (Wildman–Crippen MR) is 164 cm³/mol. The molecule has 10 nitrogen and oxygen atoms in total. The van der Waals surface area contributed by atoms with Crippen LogP contribution in [0.25, 0.3) is 10.9 Å². The molecule has 1 aliphatic heterocycles. The normalized spacial score (nSPS) is 21.6. The zero-order valence-corrected chi connectivity index (χ0v) is 26.4. The van der Waals surface area contributed by atoms with Crippen molar-refractivity contribution in [1.82, 2.24) is 25.8 Å². The number of benzene rings is 1. The first-order valence-corrected chi connectivity index (χ1v) is 15.6. The molecular weight excluding hydrogens is 584 g/mol. The summed E-state index contributed by atoms with van der Waals surface area (Å²) in [7, 11) is 0. The van der Waals surface area contributed by atoms with E-state index < -0.39 is 65.8 Å². The summed E-state index contributed by atoms with van der Waals surface area (Å²) in [6, 6.07) is 4.54. The van der Waals surface area contributed by atoms with Crippen molar-refractivity contribution in [2.24, 2.45) is 17.3 Å². The van der Waals surface area contributed by atoms with Gasteiger partial charge in [0.2, 0.25) is 24.0 Å². The van der Waals surface area contributed by atoms with Crippen molar-refractivity contribution in [3.8, 4) is 0 Å². The van der Waals surface area contributed by atoms with Crippen LogP contribution in [0, 0.1) is 17.3 Å². The highest BCUT2D eigenvalue weighted by atomic mass is 19.3. The van der Waals surface area contributed by atoms with Gasteiger partial charge in [0.25, 0.3) is 11.8 Å². The maximum atomic E-state index is 14.3. The number of hydrogen-bond acceptors (Lipinski definition) is 6. The number of hydrogen-bond donors (Lipinski definition) is 3. The summed E-state index contributed by atoms with van der Waals surface area (Å²) in [5.74, 6) is -4.16. The zero-order chi connectivity index (χ0) is 33.1. The van der Waals surface area contributed by atoms with E-state index in [-0.39, 0.29) is 24.4 Å². The molecule has 3 N–H and O–H groups in total. The Bertz CT molecular complexity index is 1440. The number of nitrogens with one attached hydrogen (secondary N) is 3. The minimum Gasteiger partial charge on any atom is -0.347 e. The summed E-state index contributed by atoms with van der Waals surface area (Å²) in [6.07, 6.45) is 0.319. The van der Waals surface area contributed by atoms with Gasteiger partial charge in [0.1, 0.15) is 18.1 Å². The van der Waals surface area contributed by atoms with E-state index in [2.05, 4.69) is 20.9 Å². The third kappa shape index (κ3) is 7.65. The van der Waals surface area contributed by atoms with E-state index in [0.29, 0.717) is 29.3 Å². The number of para-hydroxylation sites is 1. The van der Waals surface area contributed by atoms with Gasteiger partial charge in [0.15, 0.2) is 0 Å². The highest BCUT2D eigenvalue weighted by Gasteiger charge is 2.52. The molecule has 2 fully saturated rings. The lowest BCUT2D eigenvalue weighted by Gasteiger charge is -2.36. The van der Waals surface area contributed by atoms with E-state index in [9.17, 15) is 32.8 Å². The van der Waals surface area contributed by atoms with Gasteiger partial charge in [-0.2, -0.15) is 0 Å². The Morgan fingerprint density at radius 3 is 2.40 bits per heavy atom. The van der Waals surface area contributed by atoms with Crippen molar-refractivity contribution in [3.05, 3.63) is 42.1 Å². The standard InChI is InChI=1S/C33H43F2N5O5/c1-6-18(2)37-31(44)27(41)24(16-25(34)35)38-30(43)26-20-12-9-10-19(20)17-40(26)32(45)28(33(3,4)5)39-29(42)22-14-15-36-23-13-8-7-11-21(22)23/h7-8,11,13-15,18-20,24-26,28H,6,9-10,12,16-17H2,1-5H3,(H,37,44)(H,38,43)(H,39,42)/t18-,19+,20+,24?,26+,28-/m1/s1. The third-order valence-electron chi connectivity index (χ3n) is 8.98. The molecule has 1 aliphatic carbocycles. The fourth-order valence-electron chi connectivity index (χ4n) is 6.41. The fraction of sp³-hybridized carbons (Fsp3) is 0.576. The van der Waals surface area contributed by atoms with Crippen LogP contribution in [0.4, 0.5) is 8.78 Å². The number of fused-ring (bicyclic) bond motifs is 2. The molecule has 2 aliphatic rings. The van der Waals surface area contributed by atoms with E-state index in [1.807, 2.05) is 6.07 Å². The summed E-state index contributed by atoms with van der Waals surface area (Å²) in [6.45, 7) is 9.14. The highest BCUT2D eigenvalue weighted by molar-refractivity contribution is 6.38. The Balaban J connectivity index is 1.60. The number of aromatic nitrogens is 1. The van der Waals surface area contributed by atoms with Crippen LogP contribution in [0.3, 0.4) is 0 Å². The number of ketones is 1. The second-order valence-corrected chi connectivity index (χ2v) is 13.3. The minimum atomic E-state index is -2.96. The second kappa shape index (κ2) is 14.0. The van der Waals surface area contributed by atoms with Crippen molar-refractivity contribution >= 4 is 40.3 Å². The number of Topliss-reactive ketones (excluding diaryl/α,β-unsaturated/α-hetero) is 1. The van der Waals surface area contributed by atoms with Crippen LogP contribution >= 0.6 is 0 Å². The predicted octanol–water partition coefficient (Wildman–Crippen LogP) is 3.63. The van der Waals surface area contributed by atoms with Gasteiger partial charge in [-0.1, -0.05) is 52.3 Å². The van der Waals surface area contributed by atoms with Crippen molar-refractivity contribution in [2.75, 3.05) is 6.54 Å². The topological polar surface area (TPSA) is 138 Å². The summed E-state index contributed by atoms with van der Waals surface area (Å²) in [5.41, 5.74) is 0.203. The molecule has 0 bridgehead atoms. The molecule has 4 amide bonds. The molecule has 2 aromatic rings. The van der Waals surface area contributed by atoms with E-state index in [1.165, 1.54) is 11.1 Å². The fourth-order valence-corrected chi connectivity index (χ4v) is 6.41. The van der Waals surface area contributed by atoms with Gasteiger partial charge in [-0.25, -0.2) is 8.78 Å². The molecular formula is C33H43F2N5O5. The lowest BCUT2D eigenvalue weighted by molar-refractivity contribution is -0.145. The number of amides is 4. The number of carbonyl (C=O) groups excluding carboxylic acids is 5. The first kappa shape index (κ1) is 33.9. The van der Waals surface area contributed by atoms with Crippen molar-refractivity contribution in [3.63, 3.8) is 0 Å². The number of pyridine rings is 1. The first-order valence-electron chi connectivity index (χ1n) is 15.6. The third-order valence-corrected chi connectivity index (χ3v) is 8.98. The smallest absolute Gasteiger partial charge is 0.289 e. The molecule has 0 spiro atoms. The number of rotatable bonds is 11. The molecule has 1 aromatic heterocycles. The van der Waals surface area contributed by atoms with Gasteiger partial charge in [0, 0.05) is 30.6 Å². The number of halogens is 2. The lowest BCUT2D eigenvalue weighted by Crippen LogP contribution is -2.60. The zero-order valence-electron chi connectivity index (χ0n) is 26.4. The van der Waals surface area contributed by atoms with Crippen LogP contribution in [0.1, 0.15) is 77.1 Å². The first-order chi connectivity index (χ1) is 21.2. The Morgan fingerprint density at radius 1 is 1.02 bits per heavy atom. The molecule has 1 saturated heterocycles. The van der Waals surface area contributed by atoms with Crippen LogP contribution in [-0.2, 0) is 19.2 Å². The van der Waals surface area contributed by atoms with Gasteiger partial charge in [-0.05, 0) is 55.6 Å². The van der Waals surface area contributed by atoms with Gasteiger partial charge >= 0.3 is 0 Å². The van der Waals surface area contributed by atoms with E-state index in [0.717, 1.165) is 12.8 Å². The van der Waals surface area contributed by atoms with Crippen molar-refractivity contribution in [2.45, 2.75) is 97.3 Å². The molecule has 6 atom stereocenters. The van der Waals surface area contributed by atoms with Crippen LogP contribution in [0.5, 0.6) is 0 Å². The quantitative estimate of drug-likeness (QED) is 0.326. The molecule has 2 heterocycles. The molecule has 1 aromatic carbocycles. The van der Waals surface area contributed by atoms with Gasteiger partial charge < -0.3 is 20.9 Å². The largest absolute Gasteiger partial charge is 0.347 e. The van der Waals surface area contributed by atoms with Crippen LogP contribution < -0.4 is 16.0 Å². The average molecular weight is 628 g/mol. The Morgan fingerprint density at radius 2 is 1.73 bits per heavy atom. The minimum absolute atomic E-state index is 0.00288. The Kier molecular flexibility index (Phi) is 10.5. The van der Waals surface area contributed by atoms with Crippen LogP contribution in [0.2, 0.25) is 0 Å². The number of carbonyl (C=O) groups is 5. The van der Waals surface area contributed by atoms with Crippen molar-refractivity contribution < 1.29 is 32.8 Å². The Labute approximate surface area is 262 Å². The number of nitrogens with zero attached hydrogens (tertiary/aromatic N) is 2.